The van der Waals surface area contributed by atoms with E-state index < -0.39 is 36.2 Å². The number of anilines is 1. The second-order valence-corrected chi connectivity index (χ2v) is 6.60. The predicted octanol–water partition coefficient (Wildman–Crippen LogP) is 2.79. The first-order valence-corrected chi connectivity index (χ1v) is 8.84. The number of nitrogens with one attached hydrogen (secondary N) is 1. The molecule has 2 rings (SSSR count). The van der Waals surface area contributed by atoms with Crippen molar-refractivity contribution < 1.29 is 23.5 Å². The first kappa shape index (κ1) is 21.1. The van der Waals surface area contributed by atoms with Gasteiger partial charge in [-0.25, -0.2) is 9.18 Å². The normalized spacial score (nSPS) is 11.6. The topological polar surface area (TPSA) is 75.7 Å². The molecule has 0 spiro atoms. The van der Waals surface area contributed by atoms with Gasteiger partial charge >= 0.3 is 5.97 Å². The highest BCUT2D eigenvalue weighted by Crippen LogP contribution is 2.12. The third-order valence-electron chi connectivity index (χ3n) is 4.17. The molecule has 0 aliphatic carbocycles. The second-order valence-electron chi connectivity index (χ2n) is 6.60. The van der Waals surface area contributed by atoms with Gasteiger partial charge in [-0.05, 0) is 42.3 Å². The van der Waals surface area contributed by atoms with Crippen LogP contribution in [0, 0.1) is 11.7 Å². The first-order valence-electron chi connectivity index (χ1n) is 8.84. The van der Waals surface area contributed by atoms with Crippen molar-refractivity contribution in [2.24, 2.45) is 5.92 Å². The number of hydrogen-bond acceptors (Lipinski definition) is 4. The summed E-state index contributed by atoms with van der Waals surface area (Å²) in [5.41, 5.74) is 0.897. The van der Waals surface area contributed by atoms with Crippen LogP contribution in [0.15, 0.2) is 54.6 Å². The van der Waals surface area contributed by atoms with Crippen LogP contribution >= 0.6 is 0 Å². The van der Waals surface area contributed by atoms with E-state index in [0.717, 1.165) is 12.1 Å². The minimum atomic E-state index is -0.938. The fourth-order valence-electron chi connectivity index (χ4n) is 2.44. The molecule has 0 saturated heterocycles. The zero-order chi connectivity index (χ0) is 20.7. The number of amides is 2. The summed E-state index contributed by atoms with van der Waals surface area (Å²) in [6, 6.07) is 13.0. The molecule has 1 N–H and O–H groups in total. The maximum atomic E-state index is 13.0. The maximum Gasteiger partial charge on any atom is 0.329 e. The number of halogens is 1. The van der Waals surface area contributed by atoms with E-state index in [4.69, 9.17) is 4.74 Å². The molecule has 0 fully saturated rings. The van der Waals surface area contributed by atoms with Gasteiger partial charge in [0.05, 0.1) is 0 Å². The lowest BCUT2D eigenvalue weighted by atomic mass is 10.0. The van der Waals surface area contributed by atoms with Crippen LogP contribution in [0.1, 0.15) is 24.2 Å². The van der Waals surface area contributed by atoms with Crippen LogP contribution in [0.4, 0.5) is 10.1 Å². The van der Waals surface area contributed by atoms with E-state index in [9.17, 15) is 18.8 Å². The first-order chi connectivity index (χ1) is 13.3. The number of hydrogen-bond donors (Lipinski definition) is 1. The van der Waals surface area contributed by atoms with Crippen molar-refractivity contribution in [2.75, 3.05) is 18.6 Å². The molecule has 148 valence electrons. The summed E-state index contributed by atoms with van der Waals surface area (Å²) >= 11 is 0. The summed E-state index contributed by atoms with van der Waals surface area (Å²) < 4.78 is 18.1. The Balaban J connectivity index is 1.96. The van der Waals surface area contributed by atoms with Gasteiger partial charge in [0.25, 0.3) is 11.8 Å². The minimum absolute atomic E-state index is 0.222. The third-order valence-corrected chi connectivity index (χ3v) is 4.17. The number of para-hydroxylation sites is 1. The van der Waals surface area contributed by atoms with E-state index in [1.165, 1.54) is 17.0 Å². The molecule has 2 aromatic carbocycles. The highest BCUT2D eigenvalue weighted by Gasteiger charge is 2.27. The Kier molecular flexibility index (Phi) is 7.26. The number of ether oxygens (including phenoxy) is 1. The maximum absolute atomic E-state index is 13.0. The van der Waals surface area contributed by atoms with E-state index in [-0.39, 0.29) is 11.5 Å². The van der Waals surface area contributed by atoms with E-state index >= 15 is 0 Å². The number of carbonyl (C=O) groups excluding carboxylic acids is 3. The van der Waals surface area contributed by atoms with Crippen molar-refractivity contribution in [3.8, 4) is 0 Å². The largest absolute Gasteiger partial charge is 0.454 e. The highest BCUT2D eigenvalue weighted by atomic mass is 19.1. The Morgan fingerprint density at radius 1 is 1.04 bits per heavy atom. The van der Waals surface area contributed by atoms with Crippen molar-refractivity contribution in [3.05, 3.63) is 66.0 Å². The van der Waals surface area contributed by atoms with Gasteiger partial charge in [-0.2, -0.15) is 0 Å². The number of nitrogens with zero attached hydrogens (tertiary/aromatic N) is 1. The molecule has 0 unspecified atom stereocenters. The Labute approximate surface area is 163 Å². The molecule has 0 aromatic heterocycles. The van der Waals surface area contributed by atoms with Crippen molar-refractivity contribution in [1.82, 2.24) is 5.32 Å². The molecule has 0 aliphatic rings. The van der Waals surface area contributed by atoms with E-state index in [1.807, 2.05) is 6.07 Å². The molecule has 0 radical (unpaired) electrons. The molecule has 0 heterocycles. The summed E-state index contributed by atoms with van der Waals surface area (Å²) in [6.07, 6.45) is 0. The molecule has 0 saturated carbocycles. The summed E-state index contributed by atoms with van der Waals surface area (Å²) in [5, 5.41) is 2.58. The van der Waals surface area contributed by atoms with Crippen LogP contribution < -0.4 is 10.2 Å². The lowest BCUT2D eigenvalue weighted by Gasteiger charge is -2.22. The zero-order valence-electron chi connectivity index (χ0n) is 16.0. The summed E-state index contributed by atoms with van der Waals surface area (Å²) in [4.78, 5) is 38.3. The quantitative estimate of drug-likeness (QED) is 0.743. The molecule has 0 aliphatic heterocycles. The number of esters is 1. The van der Waals surface area contributed by atoms with E-state index in [2.05, 4.69) is 5.32 Å². The molecule has 1 atom stereocenters. The van der Waals surface area contributed by atoms with Crippen LogP contribution in [0.3, 0.4) is 0 Å². The fraction of sp³-hybridized carbons (Fsp3) is 0.286. The summed E-state index contributed by atoms with van der Waals surface area (Å²) in [6.45, 7) is 3.05. The summed E-state index contributed by atoms with van der Waals surface area (Å²) in [7, 11) is 1.59. The van der Waals surface area contributed by atoms with Crippen molar-refractivity contribution in [3.63, 3.8) is 0 Å². The average Bonchev–Trinajstić information content (AvgIpc) is 2.70. The molecular formula is C21H23FN2O4. The standard InChI is InChI=1S/C21H23FN2O4/c1-14(2)19(23-20(26)15-9-11-16(22)12-10-15)21(27)28-13-18(25)24(3)17-7-5-4-6-8-17/h4-12,14,19H,13H2,1-3H3,(H,23,26)/t19-/m0/s1. The third kappa shape index (κ3) is 5.64. The van der Waals surface area contributed by atoms with Crippen LogP contribution in [-0.2, 0) is 14.3 Å². The van der Waals surface area contributed by atoms with Gasteiger partial charge in [-0.1, -0.05) is 32.0 Å². The van der Waals surface area contributed by atoms with Crippen LogP contribution in [0.2, 0.25) is 0 Å². The van der Waals surface area contributed by atoms with Gasteiger partial charge in [-0.15, -0.1) is 0 Å². The predicted molar refractivity (Wildman–Crippen MR) is 103 cm³/mol. The van der Waals surface area contributed by atoms with Crippen LogP contribution in [0.5, 0.6) is 0 Å². The second kappa shape index (κ2) is 9.64. The van der Waals surface area contributed by atoms with Gasteiger partial charge in [0, 0.05) is 18.3 Å². The highest BCUT2D eigenvalue weighted by molar-refractivity contribution is 5.98. The summed E-state index contributed by atoms with van der Waals surface area (Å²) in [5.74, 6) is -2.35. The van der Waals surface area contributed by atoms with Gasteiger partial charge in [0.15, 0.2) is 6.61 Å². The SMILES string of the molecule is CC(C)[C@H](NC(=O)c1ccc(F)cc1)C(=O)OCC(=O)N(C)c1ccccc1. The smallest absolute Gasteiger partial charge is 0.329 e. The van der Waals surface area contributed by atoms with Crippen molar-refractivity contribution >= 4 is 23.5 Å². The number of carbonyl (C=O) groups is 3. The molecule has 7 heteroatoms. The van der Waals surface area contributed by atoms with Crippen LogP contribution in [0.25, 0.3) is 0 Å². The Morgan fingerprint density at radius 3 is 2.21 bits per heavy atom. The van der Waals surface area contributed by atoms with Crippen molar-refractivity contribution in [1.29, 1.82) is 0 Å². The zero-order valence-corrected chi connectivity index (χ0v) is 16.0. The Morgan fingerprint density at radius 2 is 1.64 bits per heavy atom. The molecule has 0 bridgehead atoms. The monoisotopic (exact) mass is 386 g/mol. The van der Waals surface area contributed by atoms with Crippen LogP contribution in [-0.4, -0.2) is 37.5 Å². The Bertz CT molecular complexity index is 822. The molecule has 28 heavy (non-hydrogen) atoms. The molecule has 6 nitrogen and oxygen atoms in total. The van der Waals surface area contributed by atoms with Crippen molar-refractivity contribution in [2.45, 2.75) is 19.9 Å². The lowest BCUT2D eigenvalue weighted by molar-refractivity contribution is -0.150. The van der Waals surface area contributed by atoms with E-state index in [0.29, 0.717) is 5.69 Å². The fourth-order valence-corrected chi connectivity index (χ4v) is 2.44. The van der Waals surface area contributed by atoms with Gasteiger partial charge in [0.1, 0.15) is 11.9 Å². The molecule has 2 amide bonds. The van der Waals surface area contributed by atoms with E-state index in [1.54, 1.807) is 45.2 Å². The number of benzene rings is 2. The molecule has 2 aromatic rings. The average molecular weight is 386 g/mol. The number of likely N-dealkylation sites (N-methyl/N-ethyl adjacent to an activating group) is 1. The molecular weight excluding hydrogens is 363 g/mol. The minimum Gasteiger partial charge on any atom is -0.454 e. The van der Waals surface area contributed by atoms with Gasteiger partial charge < -0.3 is 15.0 Å². The van der Waals surface area contributed by atoms with Gasteiger partial charge in [-0.3, -0.25) is 9.59 Å². The number of rotatable bonds is 7. The van der Waals surface area contributed by atoms with Gasteiger partial charge in [0.2, 0.25) is 0 Å². The lowest BCUT2D eigenvalue weighted by Crippen LogP contribution is -2.46. The Hall–Kier alpha value is -3.22.